The van der Waals surface area contributed by atoms with Crippen LogP contribution in [0.2, 0.25) is 10.0 Å². The number of hydrogen-bond acceptors (Lipinski definition) is 4. The van der Waals surface area contributed by atoms with Crippen molar-refractivity contribution >= 4 is 46.5 Å². The van der Waals surface area contributed by atoms with E-state index in [9.17, 15) is 14.0 Å². The van der Waals surface area contributed by atoms with Gasteiger partial charge in [-0.15, -0.1) is 0 Å². The quantitative estimate of drug-likeness (QED) is 0.648. The average molecular weight is 357 g/mol. The van der Waals surface area contributed by atoms with Gasteiger partial charge in [0, 0.05) is 10.7 Å². The average Bonchev–Trinajstić information content (AvgIpc) is 2.48. The number of nitrogens with two attached hydrogens (primary N) is 1. The summed E-state index contributed by atoms with van der Waals surface area (Å²) in [6, 6.07) is 7.77. The van der Waals surface area contributed by atoms with Crippen molar-refractivity contribution in [2.75, 3.05) is 17.7 Å². The Morgan fingerprint density at radius 3 is 2.57 bits per heavy atom. The molecule has 120 valence electrons. The van der Waals surface area contributed by atoms with Gasteiger partial charge in [0.1, 0.15) is 5.82 Å². The highest BCUT2D eigenvalue weighted by molar-refractivity contribution is 6.36. The molecule has 1 amide bonds. The number of nitrogens with one attached hydrogen (secondary N) is 1. The third kappa shape index (κ3) is 4.58. The molecule has 3 N–H and O–H groups in total. The molecule has 0 saturated heterocycles. The van der Waals surface area contributed by atoms with Crippen molar-refractivity contribution in [1.82, 2.24) is 0 Å². The smallest absolute Gasteiger partial charge is 0.340 e. The van der Waals surface area contributed by atoms with Crippen molar-refractivity contribution in [2.24, 2.45) is 0 Å². The lowest BCUT2D eigenvalue weighted by molar-refractivity contribution is -0.119. The van der Waals surface area contributed by atoms with Crippen LogP contribution in [0.3, 0.4) is 0 Å². The lowest BCUT2D eigenvalue weighted by Gasteiger charge is -2.09. The molecule has 0 unspecified atom stereocenters. The molecular weight excluding hydrogens is 346 g/mol. The number of amides is 1. The van der Waals surface area contributed by atoms with Gasteiger partial charge in [0.2, 0.25) is 0 Å². The number of esters is 1. The first-order valence-corrected chi connectivity index (χ1v) is 7.09. The maximum atomic E-state index is 12.9. The van der Waals surface area contributed by atoms with Crippen molar-refractivity contribution < 1.29 is 18.7 Å². The molecule has 0 aliphatic carbocycles. The molecule has 2 rings (SSSR count). The fraction of sp³-hybridized carbons (Fsp3) is 0.0667. The third-order valence-corrected chi connectivity index (χ3v) is 3.32. The maximum absolute atomic E-state index is 12.9. The first-order chi connectivity index (χ1) is 10.9. The normalized spacial score (nSPS) is 10.2. The Balaban J connectivity index is 1.94. The fourth-order valence-electron chi connectivity index (χ4n) is 1.71. The molecule has 5 nitrogen and oxygen atoms in total. The van der Waals surface area contributed by atoms with E-state index in [1.165, 1.54) is 18.2 Å². The summed E-state index contributed by atoms with van der Waals surface area (Å²) in [5.74, 6) is -2.00. The number of ether oxygens (including phenoxy) is 1. The van der Waals surface area contributed by atoms with Crippen LogP contribution in [0.25, 0.3) is 0 Å². The predicted octanol–water partition coefficient (Wildman–Crippen LogP) is 3.51. The lowest BCUT2D eigenvalue weighted by Crippen LogP contribution is -2.21. The largest absolute Gasteiger partial charge is 0.452 e. The van der Waals surface area contributed by atoms with E-state index in [-0.39, 0.29) is 16.3 Å². The van der Waals surface area contributed by atoms with Gasteiger partial charge in [-0.05, 0) is 36.4 Å². The number of rotatable bonds is 4. The molecule has 0 bridgehead atoms. The Hall–Kier alpha value is -2.31. The van der Waals surface area contributed by atoms with E-state index >= 15 is 0 Å². The summed E-state index contributed by atoms with van der Waals surface area (Å²) in [4.78, 5) is 23.6. The number of nitrogen functional groups attached to an aromatic ring is 1. The predicted molar refractivity (Wildman–Crippen MR) is 86.2 cm³/mol. The maximum Gasteiger partial charge on any atom is 0.340 e. The molecule has 0 saturated carbocycles. The topological polar surface area (TPSA) is 81.4 Å². The minimum Gasteiger partial charge on any atom is -0.452 e. The summed E-state index contributed by atoms with van der Waals surface area (Å²) in [5.41, 5.74) is 5.75. The van der Waals surface area contributed by atoms with E-state index in [2.05, 4.69) is 5.32 Å². The van der Waals surface area contributed by atoms with Crippen LogP contribution in [0.1, 0.15) is 10.4 Å². The number of anilines is 2. The van der Waals surface area contributed by atoms with Crippen molar-refractivity contribution in [3.8, 4) is 0 Å². The second-order valence-electron chi connectivity index (χ2n) is 4.48. The number of halogens is 3. The monoisotopic (exact) mass is 356 g/mol. The third-order valence-electron chi connectivity index (χ3n) is 2.77. The van der Waals surface area contributed by atoms with Crippen LogP contribution in [-0.4, -0.2) is 18.5 Å². The molecule has 8 heteroatoms. The van der Waals surface area contributed by atoms with Crippen LogP contribution < -0.4 is 11.1 Å². The van der Waals surface area contributed by atoms with Crippen LogP contribution in [0.4, 0.5) is 15.8 Å². The standard InChI is InChI=1S/C15H11Cl2FN2O3/c16-8-1-4-13(11(17)5-8)20-14(21)7-23-15(22)10-3-2-9(18)6-12(10)19/h1-6H,7,19H2,(H,20,21). The minimum atomic E-state index is -0.833. The van der Waals surface area contributed by atoms with Gasteiger partial charge in [0.25, 0.3) is 5.91 Å². The van der Waals surface area contributed by atoms with Crippen LogP contribution >= 0.6 is 23.2 Å². The van der Waals surface area contributed by atoms with Gasteiger partial charge in [0.05, 0.1) is 16.3 Å². The molecule has 0 radical (unpaired) electrons. The highest BCUT2D eigenvalue weighted by Gasteiger charge is 2.14. The van der Waals surface area contributed by atoms with E-state index in [0.717, 1.165) is 12.1 Å². The summed E-state index contributed by atoms with van der Waals surface area (Å²) in [6.45, 7) is -0.547. The number of hydrogen-bond donors (Lipinski definition) is 2. The first kappa shape index (κ1) is 17.1. The zero-order valence-electron chi connectivity index (χ0n) is 11.6. The van der Waals surface area contributed by atoms with Gasteiger partial charge in [0.15, 0.2) is 6.61 Å². The van der Waals surface area contributed by atoms with Gasteiger partial charge in [-0.3, -0.25) is 4.79 Å². The van der Waals surface area contributed by atoms with Crippen molar-refractivity contribution in [3.63, 3.8) is 0 Å². The van der Waals surface area contributed by atoms with E-state index in [0.29, 0.717) is 10.7 Å². The Kier molecular flexibility index (Phi) is 5.41. The van der Waals surface area contributed by atoms with E-state index < -0.39 is 24.3 Å². The van der Waals surface area contributed by atoms with Gasteiger partial charge in [-0.1, -0.05) is 23.2 Å². The molecule has 0 spiro atoms. The highest BCUT2D eigenvalue weighted by Crippen LogP contribution is 2.25. The SMILES string of the molecule is Nc1cc(F)ccc1C(=O)OCC(=O)Nc1ccc(Cl)cc1Cl. The molecule has 0 aliphatic heterocycles. The van der Waals surface area contributed by atoms with Crippen LogP contribution in [0.15, 0.2) is 36.4 Å². The van der Waals surface area contributed by atoms with Crippen LogP contribution in [-0.2, 0) is 9.53 Å². The molecule has 0 fully saturated rings. The van der Waals surface area contributed by atoms with E-state index in [1.54, 1.807) is 6.07 Å². The Labute approximate surface area is 141 Å². The molecule has 0 atom stereocenters. The highest BCUT2D eigenvalue weighted by atomic mass is 35.5. The van der Waals surface area contributed by atoms with Crippen molar-refractivity contribution in [3.05, 3.63) is 57.8 Å². The van der Waals surface area contributed by atoms with Gasteiger partial charge < -0.3 is 15.8 Å². The number of carbonyl (C=O) groups is 2. The second kappa shape index (κ2) is 7.30. The second-order valence-corrected chi connectivity index (χ2v) is 5.32. The van der Waals surface area contributed by atoms with E-state index in [4.69, 9.17) is 33.7 Å². The van der Waals surface area contributed by atoms with Crippen LogP contribution in [0.5, 0.6) is 0 Å². The molecule has 2 aromatic rings. The Morgan fingerprint density at radius 2 is 1.91 bits per heavy atom. The fourth-order valence-corrected chi connectivity index (χ4v) is 2.16. The molecule has 0 aromatic heterocycles. The molecule has 0 aliphatic rings. The molecule has 0 heterocycles. The first-order valence-electron chi connectivity index (χ1n) is 6.34. The Bertz CT molecular complexity index is 768. The number of benzene rings is 2. The molecule has 2 aromatic carbocycles. The summed E-state index contributed by atoms with van der Waals surface area (Å²) < 4.78 is 17.7. The van der Waals surface area contributed by atoms with Gasteiger partial charge in [-0.2, -0.15) is 0 Å². The number of carbonyl (C=O) groups excluding carboxylic acids is 2. The minimum absolute atomic E-state index is 0.0243. The van der Waals surface area contributed by atoms with Crippen LogP contribution in [0, 0.1) is 5.82 Å². The zero-order valence-corrected chi connectivity index (χ0v) is 13.1. The van der Waals surface area contributed by atoms with Crippen molar-refractivity contribution in [2.45, 2.75) is 0 Å². The van der Waals surface area contributed by atoms with Crippen molar-refractivity contribution in [1.29, 1.82) is 0 Å². The van der Waals surface area contributed by atoms with Gasteiger partial charge >= 0.3 is 5.97 Å². The van der Waals surface area contributed by atoms with E-state index in [1.807, 2.05) is 0 Å². The summed E-state index contributed by atoms with van der Waals surface area (Å²) in [6.07, 6.45) is 0. The summed E-state index contributed by atoms with van der Waals surface area (Å²) in [5, 5.41) is 3.14. The Morgan fingerprint density at radius 1 is 1.17 bits per heavy atom. The van der Waals surface area contributed by atoms with Gasteiger partial charge in [-0.25, -0.2) is 9.18 Å². The summed E-state index contributed by atoms with van der Waals surface area (Å²) in [7, 11) is 0. The molecular formula is C15H11Cl2FN2O3. The zero-order chi connectivity index (χ0) is 17.0. The lowest BCUT2D eigenvalue weighted by atomic mass is 10.2. The molecule has 23 heavy (non-hydrogen) atoms. The summed E-state index contributed by atoms with van der Waals surface area (Å²) >= 11 is 11.7.